The second kappa shape index (κ2) is 5.66. The third kappa shape index (κ3) is 2.86. The summed E-state index contributed by atoms with van der Waals surface area (Å²) in [4.78, 5) is 0. The monoisotopic (exact) mass is 257 g/mol. The summed E-state index contributed by atoms with van der Waals surface area (Å²) in [5.74, 6) is 3.06. The van der Waals surface area contributed by atoms with Crippen molar-refractivity contribution in [3.05, 3.63) is 35.4 Å². The maximum Gasteiger partial charge on any atom is 0.0317 e. The maximum atomic E-state index is 3.83. The van der Waals surface area contributed by atoms with E-state index in [0.717, 1.165) is 17.8 Å². The van der Waals surface area contributed by atoms with Crippen LogP contribution < -0.4 is 5.32 Å². The average molecular weight is 257 g/mol. The highest BCUT2D eigenvalue weighted by Crippen LogP contribution is 2.48. The number of fused-ring (bicyclic) bond motifs is 2. The second-order valence-electron chi connectivity index (χ2n) is 6.71. The molecule has 1 heteroatoms. The molecule has 0 aliphatic heterocycles. The molecule has 4 atom stereocenters. The smallest absolute Gasteiger partial charge is 0.0317 e. The van der Waals surface area contributed by atoms with E-state index in [2.05, 4.69) is 43.4 Å². The highest BCUT2D eigenvalue weighted by atomic mass is 14.9. The Morgan fingerprint density at radius 1 is 1.16 bits per heavy atom. The Balaban J connectivity index is 1.56. The Morgan fingerprint density at radius 3 is 2.53 bits per heavy atom. The van der Waals surface area contributed by atoms with Crippen molar-refractivity contribution in [2.24, 2.45) is 17.8 Å². The average Bonchev–Trinajstić information content (AvgIpc) is 3.04. The molecule has 1 nitrogen and oxygen atoms in total. The first-order chi connectivity index (χ1) is 9.26. The van der Waals surface area contributed by atoms with Crippen molar-refractivity contribution in [3.63, 3.8) is 0 Å². The van der Waals surface area contributed by atoms with E-state index in [-0.39, 0.29) is 0 Å². The van der Waals surface area contributed by atoms with Crippen LogP contribution in [0.4, 0.5) is 0 Å². The van der Waals surface area contributed by atoms with Gasteiger partial charge >= 0.3 is 0 Å². The minimum Gasteiger partial charge on any atom is -0.310 e. The predicted octanol–water partition coefficient (Wildman–Crippen LogP) is 4.47. The summed E-state index contributed by atoms with van der Waals surface area (Å²) < 4.78 is 0. The fourth-order valence-corrected chi connectivity index (χ4v) is 4.22. The molecule has 0 heterocycles. The highest BCUT2D eigenvalue weighted by Gasteiger charge is 2.39. The zero-order valence-electron chi connectivity index (χ0n) is 12.4. The molecule has 2 aliphatic carbocycles. The van der Waals surface area contributed by atoms with Gasteiger partial charge in [-0.3, -0.25) is 0 Å². The molecule has 104 valence electrons. The van der Waals surface area contributed by atoms with Crippen LogP contribution in [0.25, 0.3) is 0 Å². The van der Waals surface area contributed by atoms with Crippen molar-refractivity contribution in [1.82, 2.24) is 5.32 Å². The number of benzene rings is 1. The zero-order valence-corrected chi connectivity index (χ0v) is 12.4. The van der Waals surface area contributed by atoms with Crippen LogP contribution in [-0.2, 0) is 0 Å². The Hall–Kier alpha value is -0.820. The Labute approximate surface area is 117 Å². The van der Waals surface area contributed by atoms with E-state index in [1.165, 1.54) is 49.8 Å². The fourth-order valence-electron chi connectivity index (χ4n) is 4.22. The van der Waals surface area contributed by atoms with Crippen LogP contribution in [0, 0.1) is 24.7 Å². The molecular formula is C18H27N. The van der Waals surface area contributed by atoms with Gasteiger partial charge in [0, 0.05) is 6.04 Å². The summed E-state index contributed by atoms with van der Waals surface area (Å²) in [6, 6.07) is 9.59. The largest absolute Gasteiger partial charge is 0.310 e. The van der Waals surface area contributed by atoms with Crippen LogP contribution in [0.3, 0.4) is 0 Å². The zero-order chi connectivity index (χ0) is 13.2. The maximum absolute atomic E-state index is 3.83. The molecule has 0 amide bonds. The summed E-state index contributed by atoms with van der Waals surface area (Å²) in [6.07, 6.45) is 7.20. The van der Waals surface area contributed by atoms with Gasteiger partial charge in [0.05, 0.1) is 0 Å². The molecule has 0 saturated heterocycles. The van der Waals surface area contributed by atoms with Crippen molar-refractivity contribution in [1.29, 1.82) is 0 Å². The molecule has 2 aliphatic rings. The summed E-state index contributed by atoms with van der Waals surface area (Å²) >= 11 is 0. The van der Waals surface area contributed by atoms with E-state index in [4.69, 9.17) is 0 Å². The van der Waals surface area contributed by atoms with Gasteiger partial charge in [0.25, 0.3) is 0 Å². The number of hydrogen-bond donors (Lipinski definition) is 1. The lowest BCUT2D eigenvalue weighted by molar-refractivity contribution is 0.304. The van der Waals surface area contributed by atoms with Gasteiger partial charge in [0.2, 0.25) is 0 Å². The molecule has 0 radical (unpaired) electrons. The van der Waals surface area contributed by atoms with Crippen molar-refractivity contribution in [2.75, 3.05) is 6.54 Å². The summed E-state index contributed by atoms with van der Waals surface area (Å²) in [5, 5.41) is 3.83. The highest BCUT2D eigenvalue weighted by molar-refractivity contribution is 5.24. The third-order valence-corrected chi connectivity index (χ3v) is 5.40. The number of nitrogens with one attached hydrogen (secondary N) is 1. The molecule has 1 N–H and O–H groups in total. The van der Waals surface area contributed by atoms with Gasteiger partial charge in [0.1, 0.15) is 0 Å². The summed E-state index contributed by atoms with van der Waals surface area (Å²) in [6.45, 7) is 5.68. The van der Waals surface area contributed by atoms with Gasteiger partial charge < -0.3 is 5.32 Å². The standard InChI is InChI=1S/C18H27N/c1-3-18(15-7-4-13(2)5-8-15)19-12-17-11-14-6-9-16(17)10-14/h4-5,7-8,14,16-19H,3,6,9-12H2,1-2H3. The first kappa shape index (κ1) is 13.2. The van der Waals surface area contributed by atoms with Crippen molar-refractivity contribution in [2.45, 2.75) is 52.0 Å². The Bertz CT molecular complexity index is 408. The van der Waals surface area contributed by atoms with E-state index >= 15 is 0 Å². The number of aryl methyl sites for hydroxylation is 1. The van der Waals surface area contributed by atoms with E-state index in [9.17, 15) is 0 Å². The number of rotatable bonds is 5. The lowest BCUT2D eigenvalue weighted by Crippen LogP contribution is -2.29. The molecular weight excluding hydrogens is 230 g/mol. The van der Waals surface area contributed by atoms with Crippen LogP contribution in [-0.4, -0.2) is 6.54 Å². The van der Waals surface area contributed by atoms with Crippen molar-refractivity contribution >= 4 is 0 Å². The number of hydrogen-bond acceptors (Lipinski definition) is 1. The summed E-state index contributed by atoms with van der Waals surface area (Å²) in [5.41, 5.74) is 2.81. The van der Waals surface area contributed by atoms with Gasteiger partial charge in [-0.25, -0.2) is 0 Å². The quantitative estimate of drug-likeness (QED) is 0.820. The van der Waals surface area contributed by atoms with Gasteiger partial charge in [-0.15, -0.1) is 0 Å². The molecule has 4 unspecified atom stereocenters. The van der Waals surface area contributed by atoms with Crippen molar-refractivity contribution in [3.8, 4) is 0 Å². The molecule has 1 aromatic rings. The Kier molecular flexibility index (Phi) is 3.93. The van der Waals surface area contributed by atoms with E-state index in [1.54, 1.807) is 0 Å². The molecule has 1 aromatic carbocycles. The minimum absolute atomic E-state index is 0.541. The van der Waals surface area contributed by atoms with Crippen LogP contribution >= 0.6 is 0 Å². The molecule has 2 bridgehead atoms. The minimum atomic E-state index is 0.541. The van der Waals surface area contributed by atoms with E-state index < -0.39 is 0 Å². The lowest BCUT2D eigenvalue weighted by atomic mass is 9.88. The normalized spacial score (nSPS) is 30.7. The second-order valence-corrected chi connectivity index (χ2v) is 6.71. The summed E-state index contributed by atoms with van der Waals surface area (Å²) in [7, 11) is 0. The van der Waals surface area contributed by atoms with Gasteiger partial charge in [-0.05, 0) is 62.5 Å². The van der Waals surface area contributed by atoms with Crippen LogP contribution in [0.5, 0.6) is 0 Å². The van der Waals surface area contributed by atoms with Crippen molar-refractivity contribution < 1.29 is 0 Å². The first-order valence-electron chi connectivity index (χ1n) is 8.06. The van der Waals surface area contributed by atoms with Crippen LogP contribution in [0.1, 0.15) is 56.2 Å². The molecule has 19 heavy (non-hydrogen) atoms. The fraction of sp³-hybridized carbons (Fsp3) is 0.667. The molecule has 0 spiro atoms. The van der Waals surface area contributed by atoms with Gasteiger partial charge in [-0.2, -0.15) is 0 Å². The molecule has 0 aromatic heterocycles. The SMILES string of the molecule is CCC(NCC1CC2CCC1C2)c1ccc(C)cc1. The topological polar surface area (TPSA) is 12.0 Å². The molecule has 2 saturated carbocycles. The van der Waals surface area contributed by atoms with Gasteiger partial charge in [-0.1, -0.05) is 43.2 Å². The predicted molar refractivity (Wildman–Crippen MR) is 81.2 cm³/mol. The van der Waals surface area contributed by atoms with Gasteiger partial charge in [0.15, 0.2) is 0 Å². The van der Waals surface area contributed by atoms with Crippen LogP contribution in [0.15, 0.2) is 24.3 Å². The first-order valence-corrected chi connectivity index (χ1v) is 8.06. The Morgan fingerprint density at radius 2 is 1.95 bits per heavy atom. The lowest BCUT2D eigenvalue weighted by Gasteiger charge is -2.25. The molecule has 2 fully saturated rings. The van der Waals surface area contributed by atoms with E-state index in [1.807, 2.05) is 0 Å². The van der Waals surface area contributed by atoms with Crippen LogP contribution in [0.2, 0.25) is 0 Å². The van der Waals surface area contributed by atoms with E-state index in [0.29, 0.717) is 6.04 Å². The molecule has 3 rings (SSSR count). The third-order valence-electron chi connectivity index (χ3n) is 5.40.